The van der Waals surface area contributed by atoms with E-state index in [0.717, 1.165) is 22.6 Å². The summed E-state index contributed by atoms with van der Waals surface area (Å²) in [6, 6.07) is 11.2. The Bertz CT molecular complexity index is 1070. The molecule has 0 saturated carbocycles. The van der Waals surface area contributed by atoms with Crippen LogP contribution in [-0.2, 0) is 9.59 Å². The van der Waals surface area contributed by atoms with Gasteiger partial charge in [0.05, 0.1) is 5.92 Å². The molecule has 0 spiro atoms. The third kappa shape index (κ3) is 5.60. The SMILES string of the molecule is CCC(C(=O)C=CC=Cc1ccc2c(c1)OCO2)C(=O)C=CC=Cc1ccc2c(c1)OCO2. The van der Waals surface area contributed by atoms with Gasteiger partial charge >= 0.3 is 0 Å². The second-order valence-corrected chi connectivity index (χ2v) is 7.43. The van der Waals surface area contributed by atoms with E-state index in [-0.39, 0.29) is 25.2 Å². The predicted molar refractivity (Wildman–Crippen MR) is 125 cm³/mol. The molecule has 2 aromatic carbocycles. The zero-order valence-electron chi connectivity index (χ0n) is 18.2. The maximum absolute atomic E-state index is 12.5. The Kier molecular flexibility index (Phi) is 7.05. The second-order valence-electron chi connectivity index (χ2n) is 7.43. The number of carbonyl (C=O) groups excluding carboxylic acids is 2. The van der Waals surface area contributed by atoms with Gasteiger partial charge in [0.15, 0.2) is 34.6 Å². The van der Waals surface area contributed by atoms with Crippen molar-refractivity contribution in [2.45, 2.75) is 13.3 Å². The van der Waals surface area contributed by atoms with Crippen LogP contribution in [0.25, 0.3) is 12.2 Å². The monoisotopic (exact) mass is 444 g/mol. The molecule has 0 amide bonds. The Morgan fingerprint density at radius 2 is 1.18 bits per heavy atom. The smallest absolute Gasteiger partial charge is 0.231 e. The average Bonchev–Trinajstić information content (AvgIpc) is 3.48. The Balaban J connectivity index is 1.30. The molecule has 4 rings (SSSR count). The summed E-state index contributed by atoms with van der Waals surface area (Å²) in [7, 11) is 0. The van der Waals surface area contributed by atoms with Crippen LogP contribution in [0.4, 0.5) is 0 Å². The minimum Gasteiger partial charge on any atom is -0.454 e. The lowest BCUT2D eigenvalue weighted by Crippen LogP contribution is -2.20. The van der Waals surface area contributed by atoms with Gasteiger partial charge in [-0.2, -0.15) is 0 Å². The molecule has 2 aromatic rings. The van der Waals surface area contributed by atoms with E-state index in [9.17, 15) is 9.59 Å². The topological polar surface area (TPSA) is 71.1 Å². The molecule has 0 N–H and O–H groups in total. The fourth-order valence-corrected chi connectivity index (χ4v) is 3.44. The summed E-state index contributed by atoms with van der Waals surface area (Å²) in [5.74, 6) is 1.71. The highest BCUT2D eigenvalue weighted by atomic mass is 16.7. The van der Waals surface area contributed by atoms with E-state index in [1.165, 1.54) is 12.2 Å². The van der Waals surface area contributed by atoms with Gasteiger partial charge < -0.3 is 18.9 Å². The molecule has 0 atom stereocenters. The van der Waals surface area contributed by atoms with Crippen molar-refractivity contribution in [1.82, 2.24) is 0 Å². The first-order chi connectivity index (χ1) is 16.1. The molecule has 0 saturated heterocycles. The highest BCUT2D eigenvalue weighted by Gasteiger charge is 2.20. The molecule has 0 fully saturated rings. The fourth-order valence-electron chi connectivity index (χ4n) is 3.44. The Hall–Kier alpha value is -4.06. The summed E-state index contributed by atoms with van der Waals surface area (Å²) in [5, 5.41) is 0. The van der Waals surface area contributed by atoms with Crippen molar-refractivity contribution in [2.75, 3.05) is 13.6 Å². The number of rotatable bonds is 9. The van der Waals surface area contributed by atoms with E-state index >= 15 is 0 Å². The van der Waals surface area contributed by atoms with E-state index in [1.54, 1.807) is 24.3 Å². The van der Waals surface area contributed by atoms with Gasteiger partial charge in [-0.05, 0) is 54.0 Å². The number of ketones is 2. The van der Waals surface area contributed by atoms with Crippen molar-refractivity contribution in [3.8, 4) is 23.0 Å². The van der Waals surface area contributed by atoms with Gasteiger partial charge in [-0.15, -0.1) is 0 Å². The van der Waals surface area contributed by atoms with Crippen LogP contribution in [0.1, 0.15) is 24.5 Å². The van der Waals surface area contributed by atoms with Crippen molar-refractivity contribution in [1.29, 1.82) is 0 Å². The van der Waals surface area contributed by atoms with Crippen molar-refractivity contribution < 1.29 is 28.5 Å². The van der Waals surface area contributed by atoms with Crippen LogP contribution in [0.2, 0.25) is 0 Å². The van der Waals surface area contributed by atoms with Gasteiger partial charge in [0.25, 0.3) is 0 Å². The number of fused-ring (bicyclic) bond motifs is 2. The molecule has 6 heteroatoms. The molecule has 168 valence electrons. The summed E-state index contributed by atoms with van der Waals surface area (Å²) in [4.78, 5) is 25.0. The van der Waals surface area contributed by atoms with Crippen LogP contribution in [0, 0.1) is 5.92 Å². The largest absolute Gasteiger partial charge is 0.454 e. The number of allylic oxidation sites excluding steroid dienone is 6. The lowest BCUT2D eigenvalue weighted by molar-refractivity contribution is -0.127. The third-order valence-corrected chi connectivity index (χ3v) is 5.21. The van der Waals surface area contributed by atoms with Crippen LogP contribution in [0.3, 0.4) is 0 Å². The summed E-state index contributed by atoms with van der Waals surface area (Å²) >= 11 is 0. The van der Waals surface area contributed by atoms with Gasteiger partial charge in [-0.3, -0.25) is 9.59 Å². The van der Waals surface area contributed by atoms with Crippen molar-refractivity contribution >= 4 is 23.7 Å². The summed E-state index contributed by atoms with van der Waals surface area (Å²) in [5.41, 5.74) is 1.85. The number of hydrogen-bond acceptors (Lipinski definition) is 6. The molecule has 0 aromatic heterocycles. The maximum Gasteiger partial charge on any atom is 0.231 e. The van der Waals surface area contributed by atoms with Crippen LogP contribution in [-0.4, -0.2) is 25.2 Å². The first-order valence-electron chi connectivity index (χ1n) is 10.7. The van der Waals surface area contributed by atoms with Gasteiger partial charge in [0.1, 0.15) is 0 Å². The lowest BCUT2D eigenvalue weighted by atomic mass is 9.95. The minimum absolute atomic E-state index is 0.220. The molecule has 2 aliphatic rings. The molecule has 6 nitrogen and oxygen atoms in total. The molecule has 2 aliphatic heterocycles. The predicted octanol–water partition coefficient (Wildman–Crippen LogP) is 5.15. The van der Waals surface area contributed by atoms with Crippen LogP contribution < -0.4 is 18.9 Å². The molecular weight excluding hydrogens is 420 g/mol. The number of carbonyl (C=O) groups is 2. The van der Waals surface area contributed by atoms with Crippen LogP contribution in [0.15, 0.2) is 72.9 Å². The number of ether oxygens (including phenoxy) is 4. The zero-order chi connectivity index (χ0) is 23.0. The summed E-state index contributed by atoms with van der Waals surface area (Å²) in [6.45, 7) is 2.28. The molecule has 33 heavy (non-hydrogen) atoms. The van der Waals surface area contributed by atoms with E-state index in [4.69, 9.17) is 18.9 Å². The van der Waals surface area contributed by atoms with Crippen molar-refractivity contribution in [3.63, 3.8) is 0 Å². The Labute approximate surface area is 192 Å². The molecule has 0 aliphatic carbocycles. The van der Waals surface area contributed by atoms with E-state index in [2.05, 4.69) is 0 Å². The summed E-state index contributed by atoms with van der Waals surface area (Å²) < 4.78 is 21.3. The van der Waals surface area contributed by atoms with Crippen LogP contribution >= 0.6 is 0 Å². The number of benzene rings is 2. The molecule has 0 radical (unpaired) electrons. The van der Waals surface area contributed by atoms with Crippen LogP contribution in [0.5, 0.6) is 23.0 Å². The van der Waals surface area contributed by atoms with E-state index in [1.807, 2.05) is 55.5 Å². The van der Waals surface area contributed by atoms with E-state index in [0.29, 0.717) is 17.9 Å². The Morgan fingerprint density at radius 3 is 1.64 bits per heavy atom. The van der Waals surface area contributed by atoms with Crippen molar-refractivity contribution in [2.24, 2.45) is 5.92 Å². The second kappa shape index (κ2) is 10.5. The maximum atomic E-state index is 12.5. The molecule has 0 bridgehead atoms. The van der Waals surface area contributed by atoms with Gasteiger partial charge in [-0.1, -0.05) is 55.5 Å². The first-order valence-corrected chi connectivity index (χ1v) is 10.7. The first kappa shape index (κ1) is 22.1. The average molecular weight is 444 g/mol. The highest BCUT2D eigenvalue weighted by molar-refractivity contribution is 6.11. The molecule has 0 unspecified atom stereocenters. The quantitative estimate of drug-likeness (QED) is 0.303. The van der Waals surface area contributed by atoms with Gasteiger partial charge in [0.2, 0.25) is 13.6 Å². The van der Waals surface area contributed by atoms with Gasteiger partial charge in [-0.25, -0.2) is 0 Å². The molecular formula is C27H24O6. The summed E-state index contributed by atoms with van der Waals surface area (Å²) in [6.07, 6.45) is 13.8. The minimum atomic E-state index is -0.699. The Morgan fingerprint density at radius 1 is 0.727 bits per heavy atom. The third-order valence-electron chi connectivity index (χ3n) is 5.21. The number of hydrogen-bond donors (Lipinski definition) is 0. The highest BCUT2D eigenvalue weighted by Crippen LogP contribution is 2.33. The molecule has 2 heterocycles. The fraction of sp³-hybridized carbons (Fsp3) is 0.185. The lowest BCUT2D eigenvalue weighted by Gasteiger charge is -2.06. The normalized spacial score (nSPS) is 15.3. The van der Waals surface area contributed by atoms with Crippen molar-refractivity contribution in [3.05, 3.63) is 84.0 Å². The zero-order valence-corrected chi connectivity index (χ0v) is 18.2. The van der Waals surface area contributed by atoms with E-state index < -0.39 is 5.92 Å². The standard InChI is InChI=1S/C27H24O6/c1-2-21(22(28)9-5-3-7-19-11-13-24-26(15-19)32-17-30-24)23(29)10-6-4-8-20-12-14-25-27(16-20)33-18-31-25/h3-16,21H,2,17-18H2,1H3. The van der Waals surface area contributed by atoms with Gasteiger partial charge in [0, 0.05) is 0 Å².